The number of hydrogen-bond donors (Lipinski definition) is 0. The lowest BCUT2D eigenvalue weighted by atomic mass is 9.91. The summed E-state index contributed by atoms with van der Waals surface area (Å²) in [6.45, 7) is 4.80. The van der Waals surface area contributed by atoms with E-state index in [9.17, 15) is 8.42 Å². The third kappa shape index (κ3) is 4.38. The number of hydrogen-bond acceptors (Lipinski definition) is 7. The van der Waals surface area contributed by atoms with E-state index < -0.39 is 15.4 Å². The van der Waals surface area contributed by atoms with Crippen LogP contribution in [0.3, 0.4) is 0 Å². The van der Waals surface area contributed by atoms with Crippen molar-refractivity contribution >= 4 is 9.84 Å². The lowest BCUT2D eigenvalue weighted by Gasteiger charge is -2.35. The van der Waals surface area contributed by atoms with Gasteiger partial charge < -0.3 is 14.2 Å². The Hall–Kier alpha value is -1.38. The number of rotatable bonds is 4. The quantitative estimate of drug-likeness (QED) is 0.771. The molecule has 0 aliphatic carbocycles. The molecule has 0 atom stereocenters. The van der Waals surface area contributed by atoms with Crippen molar-refractivity contribution < 1.29 is 22.6 Å². The van der Waals surface area contributed by atoms with Crippen LogP contribution in [0.4, 0.5) is 0 Å². The molecule has 8 heteroatoms. The molecule has 2 fully saturated rings. The van der Waals surface area contributed by atoms with Gasteiger partial charge in [-0.25, -0.2) is 8.42 Å². The highest BCUT2D eigenvalue weighted by atomic mass is 32.2. The highest BCUT2D eigenvalue weighted by Crippen LogP contribution is 2.38. The summed E-state index contributed by atoms with van der Waals surface area (Å²) in [4.78, 5) is 6.99. The first-order valence-corrected chi connectivity index (χ1v) is 11.6. The van der Waals surface area contributed by atoms with Crippen LogP contribution in [0, 0.1) is 0 Å². The normalized spacial score (nSPS) is 24.6. The van der Waals surface area contributed by atoms with Crippen molar-refractivity contribution in [3.63, 3.8) is 0 Å². The van der Waals surface area contributed by atoms with E-state index in [4.69, 9.17) is 14.2 Å². The molecule has 1 aromatic rings. The number of fused-ring (bicyclic) bond motifs is 1. The molecule has 150 valence electrons. The SMILES string of the molecule is O=S1(=O)CCC2(CCOCC2)Oc2nc(OCCN3CCCCC3)ccc21. The van der Waals surface area contributed by atoms with Gasteiger partial charge in [0.2, 0.25) is 11.8 Å². The Balaban J connectivity index is 1.48. The lowest BCUT2D eigenvalue weighted by Crippen LogP contribution is -2.42. The van der Waals surface area contributed by atoms with Crippen LogP contribution >= 0.6 is 0 Å². The maximum Gasteiger partial charge on any atom is 0.236 e. The number of piperidine rings is 1. The minimum absolute atomic E-state index is 0.0802. The molecular weight excluding hydrogens is 368 g/mol. The van der Waals surface area contributed by atoms with Crippen LogP contribution in [-0.4, -0.2) is 69.1 Å². The van der Waals surface area contributed by atoms with E-state index in [0.717, 1.165) is 19.6 Å². The topological polar surface area (TPSA) is 78.0 Å². The van der Waals surface area contributed by atoms with E-state index in [1.165, 1.54) is 19.3 Å². The molecule has 0 N–H and O–H groups in total. The number of pyridine rings is 1. The van der Waals surface area contributed by atoms with Gasteiger partial charge >= 0.3 is 0 Å². The number of sulfone groups is 1. The summed E-state index contributed by atoms with van der Waals surface area (Å²) in [5.41, 5.74) is -0.504. The maximum absolute atomic E-state index is 12.7. The van der Waals surface area contributed by atoms with Gasteiger partial charge in [0.25, 0.3) is 0 Å². The zero-order chi connectivity index (χ0) is 18.7. The fraction of sp³-hybridized carbons (Fsp3) is 0.737. The Morgan fingerprint density at radius 2 is 1.89 bits per heavy atom. The van der Waals surface area contributed by atoms with Crippen LogP contribution in [-0.2, 0) is 14.6 Å². The predicted octanol–water partition coefficient (Wildman–Crippen LogP) is 2.05. The summed E-state index contributed by atoms with van der Waals surface area (Å²) in [7, 11) is -3.40. The average Bonchev–Trinajstić information content (AvgIpc) is 2.78. The third-order valence-corrected chi connectivity index (χ3v) is 7.51. The van der Waals surface area contributed by atoms with Crippen molar-refractivity contribution in [1.29, 1.82) is 0 Å². The third-order valence-electron chi connectivity index (χ3n) is 5.78. The van der Waals surface area contributed by atoms with E-state index >= 15 is 0 Å². The van der Waals surface area contributed by atoms with E-state index in [-0.39, 0.29) is 16.5 Å². The number of aromatic nitrogens is 1. The molecule has 0 amide bonds. The molecule has 2 saturated heterocycles. The highest BCUT2D eigenvalue weighted by Gasteiger charge is 2.41. The number of ether oxygens (including phenoxy) is 3. The van der Waals surface area contributed by atoms with Gasteiger partial charge in [-0.2, -0.15) is 4.98 Å². The van der Waals surface area contributed by atoms with Crippen LogP contribution in [0.5, 0.6) is 11.8 Å². The van der Waals surface area contributed by atoms with Gasteiger partial charge in [-0.05, 0) is 32.0 Å². The molecule has 0 bridgehead atoms. The van der Waals surface area contributed by atoms with Crippen LogP contribution in [0.15, 0.2) is 17.0 Å². The molecule has 3 aliphatic heterocycles. The maximum atomic E-state index is 12.7. The van der Waals surface area contributed by atoms with Crippen LogP contribution < -0.4 is 9.47 Å². The van der Waals surface area contributed by atoms with E-state index in [1.807, 2.05) is 0 Å². The molecular formula is C19H28N2O5S. The largest absolute Gasteiger partial charge is 0.476 e. The molecule has 0 unspecified atom stereocenters. The standard InChI is InChI=1S/C19H28N2O5S/c22-27(23)15-8-19(6-12-24-13-7-19)26-18-16(27)4-5-17(20-18)25-14-11-21-9-2-1-3-10-21/h4-5H,1-3,6-15H2. The van der Waals surface area contributed by atoms with Crippen molar-refractivity contribution in [3.8, 4) is 11.8 Å². The van der Waals surface area contributed by atoms with Gasteiger partial charge in [-0.3, -0.25) is 4.90 Å². The average molecular weight is 397 g/mol. The summed E-state index contributed by atoms with van der Waals surface area (Å²) < 4.78 is 42.7. The summed E-state index contributed by atoms with van der Waals surface area (Å²) in [5, 5.41) is 0. The molecule has 0 aromatic carbocycles. The van der Waals surface area contributed by atoms with Crippen LogP contribution in [0.1, 0.15) is 38.5 Å². The Labute approximate surface area is 160 Å². The molecule has 3 aliphatic rings. The second-order valence-electron chi connectivity index (χ2n) is 7.67. The molecule has 0 saturated carbocycles. The van der Waals surface area contributed by atoms with Crippen molar-refractivity contribution in [2.45, 2.75) is 49.0 Å². The first kappa shape index (κ1) is 19.0. The fourth-order valence-corrected chi connectivity index (χ4v) is 5.53. The Morgan fingerprint density at radius 1 is 1.11 bits per heavy atom. The van der Waals surface area contributed by atoms with Crippen molar-refractivity contribution in [1.82, 2.24) is 9.88 Å². The van der Waals surface area contributed by atoms with Crippen molar-refractivity contribution in [2.24, 2.45) is 0 Å². The second-order valence-corrected chi connectivity index (χ2v) is 9.75. The summed E-state index contributed by atoms with van der Waals surface area (Å²) >= 11 is 0. The Kier molecular flexibility index (Phi) is 5.57. The minimum atomic E-state index is -3.40. The van der Waals surface area contributed by atoms with Crippen molar-refractivity contribution in [3.05, 3.63) is 12.1 Å². The Morgan fingerprint density at radius 3 is 2.67 bits per heavy atom. The first-order chi connectivity index (χ1) is 13.1. The molecule has 4 rings (SSSR count). The minimum Gasteiger partial charge on any atom is -0.476 e. The monoisotopic (exact) mass is 396 g/mol. The number of likely N-dealkylation sites (tertiary alicyclic amines) is 1. The summed E-state index contributed by atoms with van der Waals surface area (Å²) in [6, 6.07) is 3.21. The van der Waals surface area contributed by atoms with Gasteiger partial charge in [-0.1, -0.05) is 6.42 Å². The molecule has 1 spiro atoms. The Bertz CT molecular complexity index is 755. The van der Waals surface area contributed by atoms with Gasteiger partial charge in [0.05, 0.1) is 19.0 Å². The smallest absolute Gasteiger partial charge is 0.236 e. The zero-order valence-corrected chi connectivity index (χ0v) is 16.5. The van der Waals surface area contributed by atoms with Gasteiger partial charge in [0.1, 0.15) is 17.1 Å². The van der Waals surface area contributed by atoms with E-state index in [1.54, 1.807) is 12.1 Å². The second kappa shape index (κ2) is 7.93. The molecule has 0 radical (unpaired) electrons. The molecule has 7 nitrogen and oxygen atoms in total. The van der Waals surface area contributed by atoms with E-state index in [2.05, 4.69) is 9.88 Å². The zero-order valence-electron chi connectivity index (χ0n) is 15.7. The van der Waals surface area contributed by atoms with Gasteiger partial charge in [0.15, 0.2) is 9.84 Å². The first-order valence-electron chi connectivity index (χ1n) is 9.92. The van der Waals surface area contributed by atoms with E-state index in [0.29, 0.717) is 45.0 Å². The highest BCUT2D eigenvalue weighted by molar-refractivity contribution is 7.91. The molecule has 4 heterocycles. The number of nitrogens with zero attached hydrogens (tertiary/aromatic N) is 2. The lowest BCUT2D eigenvalue weighted by molar-refractivity contribution is -0.0501. The molecule has 27 heavy (non-hydrogen) atoms. The summed E-state index contributed by atoms with van der Waals surface area (Å²) in [5.74, 6) is 0.687. The molecule has 1 aromatic heterocycles. The van der Waals surface area contributed by atoms with Crippen LogP contribution in [0.25, 0.3) is 0 Å². The summed E-state index contributed by atoms with van der Waals surface area (Å²) in [6.07, 6.45) is 5.64. The fourth-order valence-electron chi connectivity index (χ4n) is 4.05. The van der Waals surface area contributed by atoms with Gasteiger partial charge in [0, 0.05) is 31.9 Å². The van der Waals surface area contributed by atoms with Crippen LogP contribution in [0.2, 0.25) is 0 Å². The van der Waals surface area contributed by atoms with Crippen molar-refractivity contribution in [2.75, 3.05) is 45.2 Å². The predicted molar refractivity (Wildman–Crippen MR) is 100 cm³/mol. The van der Waals surface area contributed by atoms with Gasteiger partial charge in [-0.15, -0.1) is 0 Å².